The molecule has 0 spiro atoms. The first kappa shape index (κ1) is 16.5. The van der Waals surface area contributed by atoms with Gasteiger partial charge in [0, 0.05) is 37.5 Å². The number of carbonyl (C=O) groups excluding carboxylic acids is 2. The van der Waals surface area contributed by atoms with Crippen LogP contribution in [0.2, 0.25) is 0 Å². The molecule has 0 aliphatic carbocycles. The van der Waals surface area contributed by atoms with Crippen LogP contribution in [0.3, 0.4) is 0 Å². The Balaban J connectivity index is 1.44. The van der Waals surface area contributed by atoms with Gasteiger partial charge in [-0.25, -0.2) is 0 Å². The van der Waals surface area contributed by atoms with Crippen molar-refractivity contribution in [2.45, 2.75) is 26.2 Å². The number of nitrogens with one attached hydrogen (secondary N) is 1. The van der Waals surface area contributed by atoms with Gasteiger partial charge in [0.05, 0.1) is 4.88 Å². The van der Waals surface area contributed by atoms with Crippen molar-refractivity contribution in [2.75, 3.05) is 39.3 Å². The zero-order valence-corrected chi connectivity index (χ0v) is 14.5. The molecule has 5 nitrogen and oxygen atoms in total. The van der Waals surface area contributed by atoms with E-state index in [1.54, 1.807) is 11.3 Å². The lowest BCUT2D eigenvalue weighted by atomic mass is 10.0. The largest absolute Gasteiger partial charge is 0.339 e. The number of piperazine rings is 1. The second-order valence-corrected chi connectivity index (χ2v) is 7.77. The number of hydrogen-bond acceptors (Lipinski definition) is 4. The summed E-state index contributed by atoms with van der Waals surface area (Å²) in [5.74, 6) is 1.01. The number of nitrogens with zero attached hydrogens (tertiary/aromatic N) is 2. The Bertz CT molecular complexity index is 558. The first-order valence-electron chi connectivity index (χ1n) is 8.47. The van der Waals surface area contributed by atoms with Gasteiger partial charge in [-0.05, 0) is 50.9 Å². The quantitative estimate of drug-likeness (QED) is 0.912. The predicted octanol–water partition coefficient (Wildman–Crippen LogP) is 1.73. The van der Waals surface area contributed by atoms with E-state index in [2.05, 4.69) is 5.32 Å². The van der Waals surface area contributed by atoms with E-state index in [4.69, 9.17) is 0 Å². The Morgan fingerprint density at radius 2 is 1.96 bits per heavy atom. The smallest absolute Gasteiger partial charge is 0.264 e. The SMILES string of the molecule is Cc1ccc(C(=O)N2CCN(C(=O)CCC3CCNC3)CC2)s1. The summed E-state index contributed by atoms with van der Waals surface area (Å²) in [5, 5.41) is 3.34. The molecule has 0 saturated carbocycles. The van der Waals surface area contributed by atoms with Gasteiger partial charge in [0.15, 0.2) is 0 Å². The summed E-state index contributed by atoms with van der Waals surface area (Å²) in [7, 11) is 0. The summed E-state index contributed by atoms with van der Waals surface area (Å²) >= 11 is 1.54. The number of aryl methyl sites for hydroxylation is 1. The first-order chi connectivity index (χ1) is 11.1. The molecule has 2 aliphatic rings. The molecular formula is C17H25N3O2S. The Kier molecular flexibility index (Phi) is 5.33. The van der Waals surface area contributed by atoms with Crippen LogP contribution < -0.4 is 5.32 Å². The molecule has 2 aliphatic heterocycles. The molecular weight excluding hydrogens is 310 g/mol. The molecule has 0 radical (unpaired) electrons. The maximum atomic E-state index is 12.4. The first-order valence-corrected chi connectivity index (χ1v) is 9.29. The monoisotopic (exact) mass is 335 g/mol. The van der Waals surface area contributed by atoms with E-state index in [-0.39, 0.29) is 11.8 Å². The maximum Gasteiger partial charge on any atom is 0.264 e. The summed E-state index contributed by atoms with van der Waals surface area (Å²) in [6, 6.07) is 3.88. The van der Waals surface area contributed by atoms with E-state index in [1.165, 1.54) is 6.42 Å². The van der Waals surface area contributed by atoms with Gasteiger partial charge in [-0.3, -0.25) is 9.59 Å². The van der Waals surface area contributed by atoms with Crippen LogP contribution in [0.15, 0.2) is 12.1 Å². The number of thiophene rings is 1. The topological polar surface area (TPSA) is 52.7 Å². The van der Waals surface area contributed by atoms with Crippen LogP contribution in [-0.2, 0) is 4.79 Å². The summed E-state index contributed by atoms with van der Waals surface area (Å²) < 4.78 is 0. The van der Waals surface area contributed by atoms with Crippen LogP contribution in [0.5, 0.6) is 0 Å². The highest BCUT2D eigenvalue weighted by molar-refractivity contribution is 7.13. The van der Waals surface area contributed by atoms with Crippen molar-refractivity contribution >= 4 is 23.2 Å². The molecule has 2 saturated heterocycles. The van der Waals surface area contributed by atoms with Crippen molar-refractivity contribution in [1.82, 2.24) is 15.1 Å². The van der Waals surface area contributed by atoms with Crippen LogP contribution >= 0.6 is 11.3 Å². The van der Waals surface area contributed by atoms with Crippen molar-refractivity contribution in [3.63, 3.8) is 0 Å². The molecule has 2 fully saturated rings. The predicted molar refractivity (Wildman–Crippen MR) is 91.8 cm³/mol. The second-order valence-electron chi connectivity index (χ2n) is 6.48. The van der Waals surface area contributed by atoms with Crippen LogP contribution in [0.25, 0.3) is 0 Å². The fraction of sp³-hybridized carbons (Fsp3) is 0.647. The number of carbonyl (C=O) groups is 2. The van der Waals surface area contributed by atoms with Crippen molar-refractivity contribution < 1.29 is 9.59 Å². The summed E-state index contributed by atoms with van der Waals surface area (Å²) in [4.78, 5) is 30.5. The minimum Gasteiger partial charge on any atom is -0.339 e. The third-order valence-corrected chi connectivity index (χ3v) is 5.79. The summed E-state index contributed by atoms with van der Waals surface area (Å²) in [6.07, 6.45) is 2.82. The average Bonchev–Trinajstić information content (AvgIpc) is 3.23. The fourth-order valence-electron chi connectivity index (χ4n) is 3.31. The van der Waals surface area contributed by atoms with Crippen LogP contribution in [0, 0.1) is 12.8 Å². The Labute approximate surface area is 141 Å². The van der Waals surface area contributed by atoms with Gasteiger partial charge in [-0.1, -0.05) is 0 Å². The molecule has 126 valence electrons. The van der Waals surface area contributed by atoms with Crippen LogP contribution in [0.1, 0.15) is 33.8 Å². The molecule has 1 N–H and O–H groups in total. The molecule has 3 heterocycles. The number of hydrogen-bond donors (Lipinski definition) is 1. The molecule has 1 aromatic heterocycles. The van der Waals surface area contributed by atoms with Crippen molar-refractivity contribution in [2.24, 2.45) is 5.92 Å². The maximum absolute atomic E-state index is 12.4. The Morgan fingerprint density at radius 1 is 1.22 bits per heavy atom. The third kappa shape index (κ3) is 4.12. The second kappa shape index (κ2) is 7.45. The van der Waals surface area contributed by atoms with Crippen molar-refractivity contribution in [1.29, 1.82) is 0 Å². The fourth-order valence-corrected chi connectivity index (χ4v) is 4.15. The third-order valence-electron chi connectivity index (χ3n) is 4.80. The molecule has 1 atom stereocenters. The molecule has 3 rings (SSSR count). The highest BCUT2D eigenvalue weighted by Crippen LogP contribution is 2.19. The lowest BCUT2D eigenvalue weighted by molar-refractivity contribution is -0.132. The minimum atomic E-state index is 0.104. The molecule has 2 amide bonds. The minimum absolute atomic E-state index is 0.104. The van der Waals surface area contributed by atoms with Gasteiger partial charge in [0.1, 0.15) is 0 Å². The molecule has 0 bridgehead atoms. The normalized spacial score (nSPS) is 21.7. The number of rotatable bonds is 4. The lowest BCUT2D eigenvalue weighted by Gasteiger charge is -2.34. The highest BCUT2D eigenvalue weighted by Gasteiger charge is 2.26. The number of amides is 2. The van der Waals surface area contributed by atoms with Crippen LogP contribution in [0.4, 0.5) is 0 Å². The molecule has 23 heavy (non-hydrogen) atoms. The van der Waals surface area contributed by atoms with Crippen molar-refractivity contribution in [3.05, 3.63) is 21.9 Å². The standard InChI is InChI=1S/C17H25N3O2S/c1-13-2-4-15(23-13)17(22)20-10-8-19(9-11-20)16(21)5-3-14-6-7-18-12-14/h2,4,14,18H,3,5-12H2,1H3. The molecule has 1 aromatic rings. The lowest BCUT2D eigenvalue weighted by Crippen LogP contribution is -2.50. The van der Waals surface area contributed by atoms with Gasteiger partial charge in [0.2, 0.25) is 5.91 Å². The zero-order valence-electron chi connectivity index (χ0n) is 13.7. The van der Waals surface area contributed by atoms with Gasteiger partial charge in [0.25, 0.3) is 5.91 Å². The summed E-state index contributed by atoms with van der Waals surface area (Å²) in [6.45, 7) is 6.77. The van der Waals surface area contributed by atoms with E-state index in [9.17, 15) is 9.59 Å². The van der Waals surface area contributed by atoms with Crippen molar-refractivity contribution in [3.8, 4) is 0 Å². The van der Waals surface area contributed by atoms with Crippen LogP contribution in [-0.4, -0.2) is 60.9 Å². The molecule has 6 heteroatoms. The Hall–Kier alpha value is -1.40. The van der Waals surface area contributed by atoms with E-state index in [1.807, 2.05) is 28.9 Å². The van der Waals surface area contributed by atoms with E-state index < -0.39 is 0 Å². The highest BCUT2D eigenvalue weighted by atomic mass is 32.1. The molecule has 0 aromatic carbocycles. The molecule has 1 unspecified atom stereocenters. The van der Waals surface area contributed by atoms with E-state index in [0.717, 1.165) is 29.3 Å². The van der Waals surface area contributed by atoms with Gasteiger partial charge in [-0.2, -0.15) is 0 Å². The average molecular weight is 335 g/mol. The van der Waals surface area contributed by atoms with E-state index in [0.29, 0.717) is 38.5 Å². The van der Waals surface area contributed by atoms with Gasteiger partial charge in [-0.15, -0.1) is 11.3 Å². The zero-order chi connectivity index (χ0) is 16.2. The summed E-state index contributed by atoms with van der Waals surface area (Å²) in [5.41, 5.74) is 0. The van der Waals surface area contributed by atoms with Gasteiger partial charge < -0.3 is 15.1 Å². The van der Waals surface area contributed by atoms with Gasteiger partial charge >= 0.3 is 0 Å². The Morgan fingerprint density at radius 3 is 2.57 bits per heavy atom. The van der Waals surface area contributed by atoms with E-state index >= 15 is 0 Å².